The fourth-order valence-corrected chi connectivity index (χ4v) is 1.93. The summed E-state index contributed by atoms with van der Waals surface area (Å²) < 4.78 is 4.74. The molecule has 5 nitrogen and oxygen atoms in total. The number of carboxylic acids is 1. The standard InChI is InChI=1S/C11H13NO4S/c1-2-4-16-11(15)12-9(6-10(13)14)8-3-5-17-7-8/h2-3,5,7,9H,1,4,6H2,(H,12,15)(H,13,14)/t9-/m0/s1. The van der Waals surface area contributed by atoms with Crippen LogP contribution >= 0.6 is 11.3 Å². The Morgan fingerprint density at radius 1 is 1.65 bits per heavy atom. The first-order chi connectivity index (χ1) is 8.13. The summed E-state index contributed by atoms with van der Waals surface area (Å²) >= 11 is 1.44. The highest BCUT2D eigenvalue weighted by Gasteiger charge is 2.18. The number of aliphatic carboxylic acids is 1. The van der Waals surface area contributed by atoms with Gasteiger partial charge in [-0.2, -0.15) is 11.3 Å². The van der Waals surface area contributed by atoms with Gasteiger partial charge in [-0.25, -0.2) is 4.79 Å². The molecular formula is C11H13NO4S. The van der Waals surface area contributed by atoms with Gasteiger partial charge in [0.25, 0.3) is 0 Å². The Hall–Kier alpha value is -1.82. The van der Waals surface area contributed by atoms with Crippen molar-refractivity contribution in [1.82, 2.24) is 5.32 Å². The normalized spacial score (nSPS) is 11.5. The Bertz CT molecular complexity index is 388. The molecule has 92 valence electrons. The molecule has 0 bridgehead atoms. The third-order valence-corrected chi connectivity index (χ3v) is 2.65. The highest BCUT2D eigenvalue weighted by molar-refractivity contribution is 7.07. The van der Waals surface area contributed by atoms with E-state index in [-0.39, 0.29) is 13.0 Å². The minimum absolute atomic E-state index is 0.0925. The topological polar surface area (TPSA) is 75.6 Å². The number of carboxylic acid groups (broad SMARTS) is 1. The van der Waals surface area contributed by atoms with Crippen molar-refractivity contribution in [3.8, 4) is 0 Å². The van der Waals surface area contributed by atoms with Crippen LogP contribution in [-0.2, 0) is 9.53 Å². The van der Waals surface area contributed by atoms with Crippen molar-refractivity contribution in [2.75, 3.05) is 6.61 Å². The molecule has 0 radical (unpaired) electrons. The van der Waals surface area contributed by atoms with Gasteiger partial charge in [0.2, 0.25) is 0 Å². The molecule has 2 N–H and O–H groups in total. The molecule has 0 aliphatic heterocycles. The minimum atomic E-state index is -0.981. The summed E-state index contributed by atoms with van der Waals surface area (Å²) in [6.45, 7) is 3.51. The lowest BCUT2D eigenvalue weighted by Crippen LogP contribution is -2.30. The maximum atomic E-state index is 11.3. The number of thiophene rings is 1. The van der Waals surface area contributed by atoms with Crippen LogP contribution in [0.4, 0.5) is 4.79 Å². The van der Waals surface area contributed by atoms with E-state index in [4.69, 9.17) is 9.84 Å². The van der Waals surface area contributed by atoms with Crippen LogP contribution in [0.25, 0.3) is 0 Å². The van der Waals surface area contributed by atoms with Gasteiger partial charge in [0, 0.05) is 0 Å². The third-order valence-electron chi connectivity index (χ3n) is 1.95. The fraction of sp³-hybridized carbons (Fsp3) is 0.273. The van der Waals surface area contributed by atoms with Crippen LogP contribution < -0.4 is 5.32 Å². The second-order valence-electron chi connectivity index (χ2n) is 3.24. The van der Waals surface area contributed by atoms with Crippen molar-refractivity contribution in [2.45, 2.75) is 12.5 Å². The van der Waals surface area contributed by atoms with Gasteiger partial charge in [0.15, 0.2) is 0 Å². The van der Waals surface area contributed by atoms with Crippen molar-refractivity contribution in [2.24, 2.45) is 0 Å². The molecule has 1 amide bonds. The SMILES string of the molecule is C=CCOC(=O)N[C@@H](CC(=O)O)c1ccsc1. The highest BCUT2D eigenvalue weighted by Crippen LogP contribution is 2.19. The van der Waals surface area contributed by atoms with Gasteiger partial charge in [0.1, 0.15) is 6.61 Å². The molecule has 0 aliphatic rings. The van der Waals surface area contributed by atoms with Crippen molar-refractivity contribution in [3.05, 3.63) is 35.0 Å². The molecule has 0 spiro atoms. The Labute approximate surface area is 103 Å². The summed E-state index contributed by atoms with van der Waals surface area (Å²) in [5.74, 6) is -0.981. The zero-order valence-corrected chi connectivity index (χ0v) is 9.90. The largest absolute Gasteiger partial charge is 0.481 e. The number of amides is 1. The number of nitrogens with one attached hydrogen (secondary N) is 1. The van der Waals surface area contributed by atoms with Crippen molar-refractivity contribution in [3.63, 3.8) is 0 Å². The molecule has 0 unspecified atom stereocenters. The number of alkyl carbamates (subject to hydrolysis) is 1. The van der Waals surface area contributed by atoms with E-state index < -0.39 is 18.1 Å². The zero-order chi connectivity index (χ0) is 12.7. The van der Waals surface area contributed by atoms with E-state index in [0.29, 0.717) is 0 Å². The van der Waals surface area contributed by atoms with Gasteiger partial charge >= 0.3 is 12.1 Å². The van der Waals surface area contributed by atoms with Crippen molar-refractivity contribution < 1.29 is 19.4 Å². The van der Waals surface area contributed by atoms with Gasteiger partial charge in [0.05, 0.1) is 12.5 Å². The molecular weight excluding hydrogens is 242 g/mol. The molecule has 0 aromatic carbocycles. The molecule has 0 fully saturated rings. The van der Waals surface area contributed by atoms with Gasteiger partial charge < -0.3 is 15.2 Å². The van der Waals surface area contributed by atoms with E-state index in [1.807, 2.05) is 5.38 Å². The summed E-state index contributed by atoms with van der Waals surface area (Å²) in [7, 11) is 0. The smallest absolute Gasteiger partial charge is 0.407 e. The van der Waals surface area contributed by atoms with E-state index >= 15 is 0 Å². The summed E-state index contributed by atoms with van der Waals surface area (Å²) in [5, 5.41) is 14.9. The van der Waals surface area contributed by atoms with Crippen molar-refractivity contribution >= 4 is 23.4 Å². The maximum Gasteiger partial charge on any atom is 0.407 e. The Morgan fingerprint density at radius 2 is 2.41 bits per heavy atom. The van der Waals surface area contributed by atoms with Crippen LogP contribution in [0.5, 0.6) is 0 Å². The molecule has 0 aliphatic carbocycles. The summed E-state index contributed by atoms with van der Waals surface area (Å²) in [4.78, 5) is 22.0. The molecule has 17 heavy (non-hydrogen) atoms. The molecule has 1 rings (SSSR count). The van der Waals surface area contributed by atoms with Gasteiger partial charge in [-0.3, -0.25) is 4.79 Å². The fourth-order valence-electron chi connectivity index (χ4n) is 1.22. The molecule has 6 heteroatoms. The lowest BCUT2D eigenvalue weighted by atomic mass is 10.1. The monoisotopic (exact) mass is 255 g/mol. The van der Waals surface area contributed by atoms with Gasteiger partial charge in [-0.15, -0.1) is 0 Å². The van der Waals surface area contributed by atoms with Crippen LogP contribution in [0.3, 0.4) is 0 Å². The lowest BCUT2D eigenvalue weighted by Gasteiger charge is -2.15. The van der Waals surface area contributed by atoms with E-state index in [2.05, 4.69) is 11.9 Å². The number of hydrogen-bond acceptors (Lipinski definition) is 4. The molecule has 1 heterocycles. The van der Waals surface area contributed by atoms with E-state index in [0.717, 1.165) is 5.56 Å². The molecule has 0 saturated carbocycles. The van der Waals surface area contributed by atoms with Crippen molar-refractivity contribution in [1.29, 1.82) is 0 Å². The number of ether oxygens (including phenoxy) is 1. The quantitative estimate of drug-likeness (QED) is 0.764. The van der Waals surface area contributed by atoms with E-state index in [9.17, 15) is 9.59 Å². The Kier molecular flexibility index (Phi) is 5.22. The van der Waals surface area contributed by atoms with Gasteiger partial charge in [-0.05, 0) is 22.4 Å². The van der Waals surface area contributed by atoms with Gasteiger partial charge in [-0.1, -0.05) is 12.7 Å². The number of carbonyl (C=O) groups is 2. The Morgan fingerprint density at radius 3 is 2.94 bits per heavy atom. The van der Waals surface area contributed by atoms with Crippen LogP contribution in [0.2, 0.25) is 0 Å². The van der Waals surface area contributed by atoms with Crippen LogP contribution in [0.15, 0.2) is 29.5 Å². The molecule has 1 atom stereocenters. The summed E-state index contributed by atoms with van der Waals surface area (Å²) in [6.07, 6.45) is 0.610. The molecule has 1 aromatic rings. The molecule has 1 aromatic heterocycles. The highest BCUT2D eigenvalue weighted by atomic mass is 32.1. The van der Waals surface area contributed by atoms with Crippen LogP contribution in [0.1, 0.15) is 18.0 Å². The van der Waals surface area contributed by atoms with Crippen LogP contribution in [0, 0.1) is 0 Å². The van der Waals surface area contributed by atoms with E-state index in [1.54, 1.807) is 11.4 Å². The Balaban J connectivity index is 2.61. The minimum Gasteiger partial charge on any atom is -0.481 e. The first kappa shape index (κ1) is 13.2. The average molecular weight is 255 g/mol. The summed E-state index contributed by atoms with van der Waals surface area (Å²) in [6, 6.07) is 1.20. The maximum absolute atomic E-state index is 11.3. The second-order valence-corrected chi connectivity index (χ2v) is 4.02. The number of hydrogen-bond donors (Lipinski definition) is 2. The first-order valence-electron chi connectivity index (χ1n) is 4.91. The second kappa shape index (κ2) is 6.70. The first-order valence-corrected chi connectivity index (χ1v) is 5.86. The lowest BCUT2D eigenvalue weighted by molar-refractivity contribution is -0.137. The predicted octanol–water partition coefficient (Wildman–Crippen LogP) is 2.18. The third kappa shape index (κ3) is 4.69. The van der Waals surface area contributed by atoms with Crippen LogP contribution in [-0.4, -0.2) is 23.8 Å². The number of rotatable bonds is 6. The van der Waals surface area contributed by atoms with E-state index in [1.165, 1.54) is 17.4 Å². The molecule has 0 saturated heterocycles. The summed E-state index contributed by atoms with van der Waals surface area (Å²) in [5.41, 5.74) is 0.757. The average Bonchev–Trinajstić information content (AvgIpc) is 2.78. The predicted molar refractivity (Wildman–Crippen MR) is 64.0 cm³/mol. The zero-order valence-electron chi connectivity index (χ0n) is 9.09. The number of carbonyl (C=O) groups excluding carboxylic acids is 1.